The molecule has 4 aromatic rings. The van der Waals surface area contributed by atoms with Crippen LogP contribution in [-0.2, 0) is 59.2 Å². The van der Waals surface area contributed by atoms with Crippen molar-refractivity contribution in [2.24, 2.45) is 0 Å². The number of aromatic nitrogens is 8. The van der Waals surface area contributed by atoms with Crippen LogP contribution in [0, 0.1) is 0 Å². The van der Waals surface area contributed by atoms with Crippen molar-refractivity contribution in [1.82, 2.24) is 48.8 Å². The molecule has 0 unspecified atom stereocenters. The number of carbonyl (C=O) groups is 2. The minimum absolute atomic E-state index is 0.0635. The molecule has 2 fully saturated rings. The minimum Gasteiger partial charge on any atom is -0.478 e. The van der Waals surface area contributed by atoms with Gasteiger partial charge in [-0.2, -0.15) is 0 Å². The number of hydrogen-bond donors (Lipinski definition) is 4. The summed E-state index contributed by atoms with van der Waals surface area (Å²) in [7, 11) is 0. The maximum atomic E-state index is 12.0. The van der Waals surface area contributed by atoms with Gasteiger partial charge in [-0.15, -0.1) is 0 Å². The number of carboxylic acid groups (broad SMARTS) is 2. The third-order valence-corrected chi connectivity index (χ3v) is 12.8. The Morgan fingerprint density at radius 3 is 1.18 bits per heavy atom. The lowest BCUT2D eigenvalue weighted by molar-refractivity contribution is -0.134. The van der Waals surface area contributed by atoms with E-state index >= 15 is 0 Å². The number of carboxylic acids is 2. The second-order valence-electron chi connectivity index (χ2n) is 21.1. The molecule has 0 atom stereocenters. The molecule has 2 aliphatic heterocycles. The van der Waals surface area contributed by atoms with E-state index in [0.717, 1.165) is 151 Å². The monoisotopic (exact) mass is 1030 g/mol. The zero-order valence-corrected chi connectivity index (χ0v) is 45.8. The fraction of sp³-hybridized carbons (Fsp3) is 0.630. The Bertz CT molecular complexity index is 2510. The fourth-order valence-corrected chi connectivity index (χ4v) is 8.45. The average Bonchev–Trinajstić information content (AvgIpc) is 3.35. The van der Waals surface area contributed by atoms with Gasteiger partial charge in [-0.1, -0.05) is 82.1 Å². The summed E-state index contributed by atoms with van der Waals surface area (Å²) < 4.78 is 3.27. The number of aromatic amines is 2. The Labute approximate surface area is 436 Å². The van der Waals surface area contributed by atoms with E-state index in [4.69, 9.17) is 30.1 Å². The second-order valence-corrected chi connectivity index (χ2v) is 21.1. The predicted molar refractivity (Wildman–Crippen MR) is 291 cm³/mol. The number of anilines is 2. The van der Waals surface area contributed by atoms with Crippen molar-refractivity contribution >= 4 is 23.6 Å². The molecule has 4 aromatic heterocycles. The lowest BCUT2D eigenvalue weighted by Gasteiger charge is -2.36. The molecule has 20 heteroatoms. The Balaban J connectivity index is 0.000000279. The molecule has 408 valence electrons. The molecular formula is C54H84N12O8. The van der Waals surface area contributed by atoms with Gasteiger partial charge < -0.3 is 29.1 Å². The highest BCUT2D eigenvalue weighted by Gasteiger charge is 2.25. The summed E-state index contributed by atoms with van der Waals surface area (Å²) >= 11 is 0. The topological polar surface area (TPSA) is 249 Å². The van der Waals surface area contributed by atoms with Crippen LogP contribution in [0.3, 0.4) is 0 Å². The summed E-state index contributed by atoms with van der Waals surface area (Å²) in [6.45, 7) is 32.5. The predicted octanol–water partition coefficient (Wildman–Crippen LogP) is 5.19. The zero-order chi connectivity index (χ0) is 54.6. The highest BCUT2D eigenvalue weighted by molar-refractivity contribution is 5.89. The smallest absolute Gasteiger partial charge is 0.328 e. The van der Waals surface area contributed by atoms with Crippen molar-refractivity contribution in [3.63, 3.8) is 0 Å². The summed E-state index contributed by atoms with van der Waals surface area (Å²) in [6.07, 6.45) is 13.8. The van der Waals surface area contributed by atoms with Gasteiger partial charge in [-0.3, -0.25) is 29.4 Å². The Morgan fingerprint density at radius 2 is 0.878 bits per heavy atom. The van der Waals surface area contributed by atoms with E-state index in [1.54, 1.807) is 21.5 Å². The summed E-state index contributed by atoms with van der Waals surface area (Å²) in [5, 5.41) is 15.6. The highest BCUT2D eigenvalue weighted by atomic mass is 16.4. The Kier molecular flexibility index (Phi) is 23.6. The maximum Gasteiger partial charge on any atom is 0.328 e. The molecule has 4 N–H and O–H groups in total. The SMILES string of the molecule is CCCc1cc(N2CCN(CCCCn3cc(CC)c(=O)[nH]c3=O)CC2)nc(C(C)(C)C)n1.CCCc1cc(N2CCN(CCCCn3cc(CC)c(=O)[nH]c3=O)CC2)nc(C(C)(C)C)n1.O=C(O)/C=C/C(=O)O. The molecule has 0 saturated carbocycles. The molecule has 20 nitrogen and oxygen atoms in total. The average molecular weight is 1030 g/mol. The lowest BCUT2D eigenvalue weighted by Crippen LogP contribution is -2.47. The normalized spacial score (nSPS) is 14.6. The maximum absolute atomic E-state index is 12.0. The van der Waals surface area contributed by atoms with Gasteiger partial charge in [0.1, 0.15) is 23.3 Å². The molecular weight excluding hydrogens is 945 g/mol. The minimum atomic E-state index is -1.26. The standard InChI is InChI=1S/2C25H40N6O2.C4H4O4/c2*1-6-10-20-17-21(27-23(26-20)25(3,4)5)30-15-13-29(14-16-30)11-8-9-12-31-18-19(7-2)22(32)28-24(31)33;5-3(6)1-2-4(7)8/h2*17-18H,6-16H2,1-5H3,(H,28,32,33);1-2H,(H,5,6)(H,7,8)/b;;2-1+. The first-order valence-corrected chi connectivity index (χ1v) is 26.6. The Morgan fingerprint density at radius 1 is 0.541 bits per heavy atom. The first-order chi connectivity index (χ1) is 35.0. The molecule has 74 heavy (non-hydrogen) atoms. The van der Waals surface area contributed by atoms with Crippen molar-refractivity contribution in [2.75, 3.05) is 75.2 Å². The van der Waals surface area contributed by atoms with Crippen LogP contribution in [-0.4, -0.2) is 136 Å². The van der Waals surface area contributed by atoms with Crippen LogP contribution < -0.4 is 32.3 Å². The van der Waals surface area contributed by atoms with Gasteiger partial charge >= 0.3 is 23.3 Å². The van der Waals surface area contributed by atoms with Crippen molar-refractivity contribution in [2.45, 2.75) is 157 Å². The molecule has 0 amide bonds. The third kappa shape index (κ3) is 19.5. The molecule has 6 heterocycles. The van der Waals surface area contributed by atoms with Crippen molar-refractivity contribution in [3.05, 3.63) is 113 Å². The van der Waals surface area contributed by atoms with Gasteiger partial charge in [0.05, 0.1) is 0 Å². The number of H-pyrrole nitrogens is 2. The van der Waals surface area contributed by atoms with Crippen molar-refractivity contribution < 1.29 is 19.8 Å². The lowest BCUT2D eigenvalue weighted by atomic mass is 9.95. The highest BCUT2D eigenvalue weighted by Crippen LogP contribution is 2.25. The first kappa shape index (κ1) is 60.3. The van der Waals surface area contributed by atoms with Crippen molar-refractivity contribution in [3.8, 4) is 0 Å². The molecule has 0 spiro atoms. The molecule has 0 radical (unpaired) electrons. The van der Waals surface area contributed by atoms with E-state index in [9.17, 15) is 28.8 Å². The summed E-state index contributed by atoms with van der Waals surface area (Å²) in [6, 6.07) is 4.34. The number of aliphatic carboxylic acids is 2. The van der Waals surface area contributed by atoms with E-state index in [1.165, 1.54) is 0 Å². The molecule has 0 aliphatic carbocycles. The van der Waals surface area contributed by atoms with Crippen LogP contribution >= 0.6 is 0 Å². The molecule has 0 aromatic carbocycles. The molecule has 0 bridgehead atoms. The number of unbranched alkanes of at least 4 members (excludes halogenated alkanes) is 2. The van der Waals surface area contributed by atoms with E-state index in [-0.39, 0.29) is 33.3 Å². The van der Waals surface area contributed by atoms with Crippen LogP contribution in [0.25, 0.3) is 0 Å². The number of piperazine rings is 2. The van der Waals surface area contributed by atoms with Crippen LogP contribution in [0.4, 0.5) is 11.6 Å². The molecule has 2 saturated heterocycles. The van der Waals surface area contributed by atoms with Crippen LogP contribution in [0.15, 0.2) is 55.9 Å². The van der Waals surface area contributed by atoms with E-state index in [0.29, 0.717) is 49.2 Å². The number of rotatable bonds is 20. The quantitative estimate of drug-likeness (QED) is 0.0657. The number of nitrogens with one attached hydrogen (secondary N) is 2. The van der Waals surface area contributed by atoms with Gasteiger partial charge in [0.25, 0.3) is 11.1 Å². The van der Waals surface area contributed by atoms with Gasteiger partial charge in [0.2, 0.25) is 0 Å². The number of aryl methyl sites for hydroxylation is 6. The largest absolute Gasteiger partial charge is 0.478 e. The Hall–Kier alpha value is -6.28. The third-order valence-electron chi connectivity index (χ3n) is 12.8. The number of hydrogen-bond acceptors (Lipinski definition) is 14. The molecule has 6 rings (SSSR count). The van der Waals surface area contributed by atoms with E-state index in [2.05, 4.69) is 97.1 Å². The summed E-state index contributed by atoms with van der Waals surface area (Å²) in [5.41, 5.74) is 2.31. The fourth-order valence-electron chi connectivity index (χ4n) is 8.45. The summed E-state index contributed by atoms with van der Waals surface area (Å²) in [4.78, 5) is 101. The van der Waals surface area contributed by atoms with E-state index < -0.39 is 11.9 Å². The first-order valence-electron chi connectivity index (χ1n) is 26.6. The second kappa shape index (κ2) is 29.0. The van der Waals surface area contributed by atoms with Crippen LogP contribution in [0.5, 0.6) is 0 Å². The molecule has 2 aliphatic rings. The van der Waals surface area contributed by atoms with Crippen LogP contribution in [0.2, 0.25) is 0 Å². The van der Waals surface area contributed by atoms with Gasteiger partial charge in [0.15, 0.2) is 0 Å². The van der Waals surface area contributed by atoms with E-state index in [1.807, 2.05) is 13.8 Å². The van der Waals surface area contributed by atoms with Crippen molar-refractivity contribution in [1.29, 1.82) is 0 Å². The van der Waals surface area contributed by atoms with Gasteiger partial charge in [-0.05, 0) is 64.5 Å². The van der Waals surface area contributed by atoms with Crippen LogP contribution in [0.1, 0.15) is 142 Å². The number of nitrogens with zero attached hydrogens (tertiary/aromatic N) is 10. The van der Waals surface area contributed by atoms with Gasteiger partial charge in [-0.25, -0.2) is 39.1 Å². The van der Waals surface area contributed by atoms with Gasteiger partial charge in [0, 0.05) is 135 Å². The zero-order valence-electron chi connectivity index (χ0n) is 45.8. The summed E-state index contributed by atoms with van der Waals surface area (Å²) in [5.74, 6) is 1.45.